The van der Waals surface area contributed by atoms with E-state index in [0.717, 1.165) is 0 Å². The van der Waals surface area contributed by atoms with E-state index in [4.69, 9.17) is 27.7 Å². The van der Waals surface area contributed by atoms with E-state index in [0.29, 0.717) is 12.8 Å². The van der Waals surface area contributed by atoms with E-state index >= 15 is 0 Å². The second-order valence-corrected chi connectivity index (χ2v) is 3.93. The first-order valence-electron chi connectivity index (χ1n) is 4.66. The quantitative estimate of drug-likeness (QED) is 0.288. The molecule has 0 spiro atoms. The maximum atomic E-state index is 10.6. The molecule has 0 aliphatic carbocycles. The predicted octanol–water partition coefficient (Wildman–Crippen LogP) is -6.12. The van der Waals surface area contributed by atoms with Crippen molar-refractivity contribution in [1.82, 2.24) is 0 Å². The van der Waals surface area contributed by atoms with Crippen molar-refractivity contribution in [2.24, 2.45) is 11.8 Å². The summed E-state index contributed by atoms with van der Waals surface area (Å²) in [5, 5.41) is 17.3. The average molecular weight is 316 g/mol. The minimum absolute atomic E-state index is 0. The van der Waals surface area contributed by atoms with Crippen molar-refractivity contribution in [3.63, 3.8) is 0 Å². The molecule has 0 aromatic carbocycles. The van der Waals surface area contributed by atoms with Crippen molar-refractivity contribution < 1.29 is 96.4 Å². The van der Waals surface area contributed by atoms with Gasteiger partial charge in [-0.1, -0.05) is 13.8 Å². The van der Waals surface area contributed by atoms with Gasteiger partial charge in [-0.15, -0.1) is 0 Å². The first-order valence-corrected chi connectivity index (χ1v) is 6.00. The van der Waals surface area contributed by atoms with E-state index in [9.17, 15) is 9.59 Å². The van der Waals surface area contributed by atoms with Gasteiger partial charge in [0.15, 0.2) is 0 Å². The second-order valence-electron chi connectivity index (χ2n) is 3.11. The van der Waals surface area contributed by atoms with Crippen molar-refractivity contribution >= 4 is 22.3 Å². The number of hydrogen-bond donors (Lipinski definition) is 2. The van der Waals surface area contributed by atoms with E-state index in [1.165, 1.54) is 0 Å². The summed E-state index contributed by atoms with van der Waals surface area (Å²) < 4.78 is 34.1. The molecule has 0 heterocycles. The molecule has 11 heteroatoms. The summed E-state index contributed by atoms with van der Waals surface area (Å²) in [5.74, 6) is -3.56. The van der Waals surface area contributed by atoms with Crippen LogP contribution in [0.5, 0.6) is 0 Å². The van der Waals surface area contributed by atoms with Crippen LogP contribution in [-0.2, 0) is 20.0 Å². The van der Waals surface area contributed by atoms with Gasteiger partial charge in [0, 0.05) is 10.4 Å². The molecule has 19 heavy (non-hydrogen) atoms. The molecule has 0 bridgehead atoms. The molecule has 0 saturated carbocycles. The Morgan fingerprint density at radius 1 is 0.947 bits per heavy atom. The van der Waals surface area contributed by atoms with Crippen molar-refractivity contribution in [2.75, 3.05) is 0 Å². The Morgan fingerprint density at radius 3 is 1.16 bits per heavy atom. The summed E-state index contributed by atoms with van der Waals surface area (Å²) in [4.78, 5) is 21.1. The van der Waals surface area contributed by atoms with Crippen LogP contribution in [-0.4, -0.2) is 39.7 Å². The minimum Gasteiger partial charge on any atom is -0.759 e. The van der Waals surface area contributed by atoms with Crippen LogP contribution in [0.2, 0.25) is 0 Å². The van der Waals surface area contributed by atoms with Gasteiger partial charge >= 0.3 is 71.1 Å². The Balaban J connectivity index is -0.000000139. The molecule has 2 N–H and O–H groups in total. The number of carboxylic acid groups (broad SMARTS) is 2. The Hall–Kier alpha value is 0.810. The molecule has 8 nitrogen and oxygen atoms in total. The zero-order valence-electron chi connectivity index (χ0n) is 11.3. The summed E-state index contributed by atoms with van der Waals surface area (Å²) >= 11 is 0. The first kappa shape index (κ1) is 28.0. The zero-order chi connectivity index (χ0) is 14.2. The van der Waals surface area contributed by atoms with E-state index in [1.807, 2.05) is 0 Å². The van der Waals surface area contributed by atoms with Gasteiger partial charge in [-0.25, -0.2) is 0 Å². The maximum absolute atomic E-state index is 10.6. The van der Waals surface area contributed by atoms with Gasteiger partial charge in [0.05, 0.1) is 11.8 Å². The van der Waals surface area contributed by atoms with Gasteiger partial charge in [0.2, 0.25) is 0 Å². The fraction of sp³-hybridized carbons (Fsp3) is 0.750. The second kappa shape index (κ2) is 13.8. The molecule has 0 aromatic rings. The largest absolute Gasteiger partial charge is 1.00 e. The van der Waals surface area contributed by atoms with Crippen LogP contribution in [0, 0.1) is 11.8 Å². The number of rotatable bonds is 5. The van der Waals surface area contributed by atoms with Crippen LogP contribution in [0.3, 0.4) is 0 Å². The SMILES string of the molecule is CCC(C(=O)O)C(CC)C(=O)O.O=S(=O)([O-])[O-].[Na+].[Na+]. The van der Waals surface area contributed by atoms with Crippen molar-refractivity contribution in [3.8, 4) is 0 Å². The Morgan fingerprint density at radius 2 is 1.11 bits per heavy atom. The summed E-state index contributed by atoms with van der Waals surface area (Å²) in [7, 11) is -5.17. The van der Waals surface area contributed by atoms with E-state index in [1.54, 1.807) is 13.8 Å². The maximum Gasteiger partial charge on any atom is 1.00 e. The minimum atomic E-state index is -5.17. The van der Waals surface area contributed by atoms with Gasteiger partial charge in [-0.2, -0.15) is 0 Å². The Kier molecular flexibility index (Phi) is 20.3. The van der Waals surface area contributed by atoms with E-state index in [2.05, 4.69) is 0 Å². The first-order chi connectivity index (χ1) is 7.54. The molecule has 0 radical (unpaired) electrons. The Bertz CT molecular complexity index is 328. The van der Waals surface area contributed by atoms with Gasteiger partial charge in [0.1, 0.15) is 0 Å². The van der Waals surface area contributed by atoms with Crippen LogP contribution < -0.4 is 59.1 Å². The monoisotopic (exact) mass is 316 g/mol. The molecule has 0 amide bonds. The topological polar surface area (TPSA) is 155 Å². The summed E-state index contributed by atoms with van der Waals surface area (Å²) in [6.07, 6.45) is 0.723. The van der Waals surface area contributed by atoms with E-state index < -0.39 is 34.2 Å². The van der Waals surface area contributed by atoms with Gasteiger partial charge in [-0.3, -0.25) is 18.0 Å². The Labute approximate surface area is 156 Å². The molecule has 0 saturated heterocycles. The standard InChI is InChI=1S/C8H14O4.2Na.H2O4S/c1-3-5(7(9)10)6(4-2)8(11)12;;;1-5(2,3)4/h5-6H,3-4H2,1-2H3,(H,9,10)(H,11,12);;;(H2,1,2,3,4)/q;2*+1;/p-2. The molecular formula is C8H14Na2O8S. The molecule has 2 unspecified atom stereocenters. The smallest absolute Gasteiger partial charge is 0.759 e. The normalized spacial score (nSPS) is 12.6. The number of carbonyl (C=O) groups is 2. The molecule has 0 aliphatic heterocycles. The van der Waals surface area contributed by atoms with Crippen molar-refractivity contribution in [2.45, 2.75) is 26.7 Å². The fourth-order valence-corrected chi connectivity index (χ4v) is 1.26. The zero-order valence-corrected chi connectivity index (χ0v) is 16.1. The third-order valence-electron chi connectivity index (χ3n) is 2.00. The molecule has 102 valence electrons. The molecule has 0 rings (SSSR count). The average Bonchev–Trinajstić information content (AvgIpc) is 2.09. The summed E-state index contributed by atoms with van der Waals surface area (Å²) in [6.45, 7) is 3.37. The molecule has 0 aromatic heterocycles. The van der Waals surface area contributed by atoms with Crippen LogP contribution in [0.25, 0.3) is 0 Å². The summed E-state index contributed by atoms with van der Waals surface area (Å²) in [6, 6.07) is 0. The number of hydrogen-bond acceptors (Lipinski definition) is 6. The third kappa shape index (κ3) is 18.8. The van der Waals surface area contributed by atoms with Crippen molar-refractivity contribution in [3.05, 3.63) is 0 Å². The molecule has 2 atom stereocenters. The molecule has 0 fully saturated rings. The predicted molar refractivity (Wildman–Crippen MR) is 53.3 cm³/mol. The van der Waals surface area contributed by atoms with Crippen molar-refractivity contribution in [1.29, 1.82) is 0 Å². The van der Waals surface area contributed by atoms with Crippen LogP contribution in [0.1, 0.15) is 26.7 Å². The van der Waals surface area contributed by atoms with Crippen LogP contribution >= 0.6 is 0 Å². The van der Waals surface area contributed by atoms with Gasteiger partial charge < -0.3 is 19.3 Å². The number of aliphatic carboxylic acids is 2. The van der Waals surface area contributed by atoms with Gasteiger partial charge in [-0.05, 0) is 12.8 Å². The van der Waals surface area contributed by atoms with Crippen LogP contribution in [0.4, 0.5) is 0 Å². The third-order valence-corrected chi connectivity index (χ3v) is 2.00. The molecule has 0 aliphatic rings. The number of carboxylic acids is 2. The molecular weight excluding hydrogens is 302 g/mol. The van der Waals surface area contributed by atoms with Gasteiger partial charge in [0.25, 0.3) is 0 Å². The fourth-order valence-electron chi connectivity index (χ4n) is 1.26. The summed E-state index contributed by atoms with van der Waals surface area (Å²) in [5.41, 5.74) is 0. The van der Waals surface area contributed by atoms with E-state index in [-0.39, 0.29) is 59.1 Å². The van der Waals surface area contributed by atoms with Crippen LogP contribution in [0.15, 0.2) is 0 Å².